The molecule has 1 N–H and O–H groups in total. The Balaban J connectivity index is 1.87. The Hall–Kier alpha value is -1.49. The van der Waals surface area contributed by atoms with E-state index in [1.807, 2.05) is 18.3 Å². The number of aromatic nitrogens is 3. The maximum absolute atomic E-state index is 4.64. The average molecular weight is 288 g/mol. The van der Waals surface area contributed by atoms with Crippen LogP contribution in [0.15, 0.2) is 6.07 Å². The van der Waals surface area contributed by atoms with Crippen LogP contribution in [-0.4, -0.2) is 15.0 Å². The molecule has 0 aliphatic heterocycles. The Kier molecular flexibility index (Phi) is 3.70. The van der Waals surface area contributed by atoms with Crippen LogP contribution < -0.4 is 5.32 Å². The zero-order valence-electron chi connectivity index (χ0n) is 12.2. The molecule has 0 amide bonds. The molecule has 1 aliphatic carbocycles. The number of thiazole rings is 1. The second-order valence-electron chi connectivity index (χ2n) is 5.28. The summed E-state index contributed by atoms with van der Waals surface area (Å²) in [5.41, 5.74) is 2.37. The monoisotopic (exact) mass is 288 g/mol. The van der Waals surface area contributed by atoms with Crippen molar-refractivity contribution in [3.05, 3.63) is 33.2 Å². The Bertz CT molecular complexity index is 620. The molecule has 1 aliphatic rings. The molecule has 20 heavy (non-hydrogen) atoms. The Labute approximate surface area is 123 Å². The van der Waals surface area contributed by atoms with Crippen LogP contribution in [-0.2, 0) is 12.8 Å². The molecular formula is C15H20N4S. The third-order valence-corrected chi connectivity index (χ3v) is 4.76. The predicted molar refractivity (Wildman–Crippen MR) is 82.3 cm³/mol. The van der Waals surface area contributed by atoms with Gasteiger partial charge in [-0.15, -0.1) is 11.3 Å². The molecule has 5 heteroatoms. The molecule has 2 aromatic rings. The van der Waals surface area contributed by atoms with Gasteiger partial charge in [-0.1, -0.05) is 6.92 Å². The van der Waals surface area contributed by atoms with Crippen molar-refractivity contribution >= 4 is 17.2 Å². The fraction of sp³-hybridized carbons (Fsp3) is 0.533. The molecule has 0 fully saturated rings. The van der Waals surface area contributed by atoms with Gasteiger partial charge in [-0.3, -0.25) is 0 Å². The molecule has 1 atom stereocenters. The summed E-state index contributed by atoms with van der Waals surface area (Å²) in [5.74, 6) is 1.78. The number of hydrogen-bond acceptors (Lipinski definition) is 5. The van der Waals surface area contributed by atoms with Crippen molar-refractivity contribution in [1.29, 1.82) is 0 Å². The minimum atomic E-state index is 0.351. The molecule has 2 aromatic heterocycles. The highest BCUT2D eigenvalue weighted by Crippen LogP contribution is 2.35. The quantitative estimate of drug-likeness (QED) is 0.937. The molecule has 0 spiro atoms. The Morgan fingerprint density at radius 2 is 2.15 bits per heavy atom. The summed E-state index contributed by atoms with van der Waals surface area (Å²) >= 11 is 1.81. The van der Waals surface area contributed by atoms with Crippen molar-refractivity contribution in [2.24, 2.45) is 0 Å². The van der Waals surface area contributed by atoms with Crippen LogP contribution >= 0.6 is 11.3 Å². The van der Waals surface area contributed by atoms with Crippen molar-refractivity contribution in [3.8, 4) is 0 Å². The van der Waals surface area contributed by atoms with Gasteiger partial charge in [-0.2, -0.15) is 0 Å². The molecule has 0 bridgehead atoms. The molecule has 0 saturated carbocycles. The van der Waals surface area contributed by atoms with Gasteiger partial charge in [0.15, 0.2) is 0 Å². The molecule has 1 unspecified atom stereocenters. The number of rotatable bonds is 3. The van der Waals surface area contributed by atoms with Gasteiger partial charge < -0.3 is 5.32 Å². The first-order chi connectivity index (χ1) is 9.65. The van der Waals surface area contributed by atoms with Crippen molar-refractivity contribution in [1.82, 2.24) is 15.0 Å². The molecule has 0 saturated heterocycles. The van der Waals surface area contributed by atoms with E-state index < -0.39 is 0 Å². The van der Waals surface area contributed by atoms with Gasteiger partial charge in [0.25, 0.3) is 0 Å². The van der Waals surface area contributed by atoms with Gasteiger partial charge in [-0.05, 0) is 39.5 Å². The molecule has 4 nitrogen and oxygen atoms in total. The van der Waals surface area contributed by atoms with E-state index in [0.29, 0.717) is 6.04 Å². The second-order valence-corrected chi connectivity index (χ2v) is 6.51. The fourth-order valence-electron chi connectivity index (χ4n) is 2.74. The van der Waals surface area contributed by atoms with E-state index in [4.69, 9.17) is 0 Å². The minimum Gasteiger partial charge on any atom is -0.362 e. The Morgan fingerprint density at radius 3 is 2.95 bits per heavy atom. The highest BCUT2D eigenvalue weighted by molar-refractivity contribution is 7.11. The smallest absolute Gasteiger partial charge is 0.130 e. The van der Waals surface area contributed by atoms with E-state index in [1.165, 1.54) is 17.0 Å². The molecular weight excluding hydrogens is 268 g/mol. The van der Waals surface area contributed by atoms with E-state index in [1.54, 1.807) is 0 Å². The first-order valence-electron chi connectivity index (χ1n) is 7.23. The van der Waals surface area contributed by atoms with Crippen LogP contribution in [0.1, 0.15) is 52.9 Å². The predicted octanol–water partition coefficient (Wildman–Crippen LogP) is 3.60. The average Bonchev–Trinajstić information content (AvgIpc) is 2.79. The maximum atomic E-state index is 4.64. The Morgan fingerprint density at radius 1 is 1.30 bits per heavy atom. The van der Waals surface area contributed by atoms with Crippen LogP contribution in [0.2, 0.25) is 0 Å². The SMILES string of the molecule is CCc1cc(NC2CCCc3nc(C)sc32)nc(C)n1. The van der Waals surface area contributed by atoms with Crippen molar-refractivity contribution in [3.63, 3.8) is 0 Å². The van der Waals surface area contributed by atoms with Gasteiger partial charge in [-0.25, -0.2) is 15.0 Å². The molecule has 0 radical (unpaired) electrons. The summed E-state index contributed by atoms with van der Waals surface area (Å²) in [4.78, 5) is 15.0. The van der Waals surface area contributed by atoms with Crippen LogP contribution in [0.5, 0.6) is 0 Å². The lowest BCUT2D eigenvalue weighted by atomic mass is 9.98. The topological polar surface area (TPSA) is 50.7 Å². The number of nitrogens with one attached hydrogen (secondary N) is 1. The molecule has 0 aromatic carbocycles. The lowest BCUT2D eigenvalue weighted by molar-refractivity contribution is 0.599. The summed E-state index contributed by atoms with van der Waals surface area (Å²) in [6.07, 6.45) is 4.40. The fourth-order valence-corrected chi connectivity index (χ4v) is 3.80. The van der Waals surface area contributed by atoms with Crippen LogP contribution in [0.25, 0.3) is 0 Å². The zero-order valence-corrected chi connectivity index (χ0v) is 13.0. The standard InChI is InChI=1S/C15H20N4S/c1-4-11-8-14(17-9(2)16-11)19-13-7-5-6-12-15(13)20-10(3)18-12/h8,13H,4-7H2,1-3H3,(H,16,17,19). The van der Waals surface area contributed by atoms with Crippen LogP contribution in [0.4, 0.5) is 5.82 Å². The van der Waals surface area contributed by atoms with E-state index in [-0.39, 0.29) is 0 Å². The van der Waals surface area contributed by atoms with E-state index in [9.17, 15) is 0 Å². The largest absolute Gasteiger partial charge is 0.362 e. The van der Waals surface area contributed by atoms with E-state index in [2.05, 4.69) is 40.2 Å². The number of anilines is 1. The summed E-state index contributed by atoms with van der Waals surface area (Å²) in [5, 5.41) is 4.75. The van der Waals surface area contributed by atoms with Gasteiger partial charge in [0.05, 0.1) is 21.6 Å². The summed E-state index contributed by atoms with van der Waals surface area (Å²) in [6.45, 7) is 6.16. The number of aryl methyl sites for hydroxylation is 4. The van der Waals surface area contributed by atoms with E-state index >= 15 is 0 Å². The lowest BCUT2D eigenvalue weighted by Gasteiger charge is -2.23. The third kappa shape index (κ3) is 2.68. The van der Waals surface area contributed by atoms with Crippen molar-refractivity contribution < 1.29 is 0 Å². The van der Waals surface area contributed by atoms with Crippen LogP contribution in [0, 0.1) is 13.8 Å². The highest BCUT2D eigenvalue weighted by Gasteiger charge is 2.24. The summed E-state index contributed by atoms with van der Waals surface area (Å²) < 4.78 is 0. The van der Waals surface area contributed by atoms with Gasteiger partial charge >= 0.3 is 0 Å². The van der Waals surface area contributed by atoms with Gasteiger partial charge in [0.1, 0.15) is 11.6 Å². The lowest BCUT2D eigenvalue weighted by Crippen LogP contribution is -2.17. The molecule has 3 rings (SSSR count). The number of nitrogens with zero attached hydrogens (tertiary/aromatic N) is 3. The highest BCUT2D eigenvalue weighted by atomic mass is 32.1. The van der Waals surface area contributed by atoms with Crippen molar-refractivity contribution in [2.75, 3.05) is 5.32 Å². The molecule has 2 heterocycles. The normalized spacial score (nSPS) is 17.9. The van der Waals surface area contributed by atoms with Gasteiger partial charge in [0.2, 0.25) is 0 Å². The summed E-state index contributed by atoms with van der Waals surface area (Å²) in [7, 11) is 0. The first kappa shape index (κ1) is 13.5. The third-order valence-electron chi connectivity index (χ3n) is 3.63. The van der Waals surface area contributed by atoms with Crippen LogP contribution in [0.3, 0.4) is 0 Å². The van der Waals surface area contributed by atoms with Crippen molar-refractivity contribution in [2.45, 2.75) is 52.5 Å². The minimum absolute atomic E-state index is 0.351. The number of fused-ring (bicyclic) bond motifs is 1. The second kappa shape index (κ2) is 5.48. The summed E-state index contributed by atoms with van der Waals surface area (Å²) in [6, 6.07) is 2.42. The van der Waals surface area contributed by atoms with E-state index in [0.717, 1.165) is 41.6 Å². The number of hydrogen-bond donors (Lipinski definition) is 1. The zero-order chi connectivity index (χ0) is 14.1. The maximum Gasteiger partial charge on any atom is 0.130 e. The first-order valence-corrected chi connectivity index (χ1v) is 8.04. The molecule has 106 valence electrons. The van der Waals surface area contributed by atoms with Gasteiger partial charge in [0, 0.05) is 11.8 Å².